The summed E-state index contributed by atoms with van der Waals surface area (Å²) in [4.78, 5) is 11.2. The minimum atomic E-state index is -0.335. The second-order valence-corrected chi connectivity index (χ2v) is 8.10. The molecule has 6 nitrogen and oxygen atoms in total. The zero-order valence-electron chi connectivity index (χ0n) is 20.0. The molecule has 0 bridgehead atoms. The largest absolute Gasteiger partial charge is 0.405 e. The molecule has 0 fully saturated rings. The molecule has 1 aromatic carbocycles. The smallest absolute Gasteiger partial charge is 0.126 e. The number of halogens is 1. The number of hydrogen-bond donors (Lipinski definition) is 2. The third-order valence-corrected chi connectivity index (χ3v) is 5.90. The minimum Gasteiger partial charge on any atom is -0.405 e. The fraction of sp³-hybridized carbons (Fsp3) is 0.440. The molecule has 0 aliphatic rings. The van der Waals surface area contributed by atoms with Crippen molar-refractivity contribution in [2.75, 3.05) is 20.6 Å². The number of hydrogen-bond acceptors (Lipinski definition) is 5. The van der Waals surface area contributed by atoms with Crippen molar-refractivity contribution in [3.63, 3.8) is 0 Å². The van der Waals surface area contributed by atoms with E-state index in [4.69, 9.17) is 11.5 Å². The van der Waals surface area contributed by atoms with Gasteiger partial charge in [-0.05, 0) is 50.1 Å². The van der Waals surface area contributed by atoms with Gasteiger partial charge in [0.1, 0.15) is 11.6 Å². The van der Waals surface area contributed by atoms with Crippen LogP contribution in [-0.2, 0) is 6.54 Å². The Bertz CT molecular complexity index is 1020. The van der Waals surface area contributed by atoms with Gasteiger partial charge in [0.15, 0.2) is 0 Å². The van der Waals surface area contributed by atoms with Crippen molar-refractivity contribution in [2.24, 2.45) is 22.4 Å². The van der Waals surface area contributed by atoms with Gasteiger partial charge in [-0.2, -0.15) is 0 Å². The van der Waals surface area contributed by atoms with E-state index in [0.29, 0.717) is 22.7 Å². The van der Waals surface area contributed by atoms with Gasteiger partial charge in [0.25, 0.3) is 0 Å². The van der Waals surface area contributed by atoms with Gasteiger partial charge in [-0.25, -0.2) is 9.37 Å². The maximum Gasteiger partial charge on any atom is 0.126 e. The Balaban J connectivity index is 2.47. The van der Waals surface area contributed by atoms with Gasteiger partial charge in [0.2, 0.25) is 0 Å². The zero-order chi connectivity index (χ0) is 23.8. The van der Waals surface area contributed by atoms with Crippen LogP contribution in [0.25, 0.3) is 11.0 Å². The van der Waals surface area contributed by atoms with E-state index in [-0.39, 0.29) is 11.9 Å². The van der Waals surface area contributed by atoms with Crippen LogP contribution in [0.5, 0.6) is 0 Å². The van der Waals surface area contributed by atoms with E-state index < -0.39 is 0 Å². The van der Waals surface area contributed by atoms with Crippen LogP contribution in [0.2, 0.25) is 0 Å². The highest BCUT2D eigenvalue weighted by atomic mass is 19.1. The molecule has 2 rings (SSSR count). The summed E-state index contributed by atoms with van der Waals surface area (Å²) in [7, 11) is 3.74. The van der Waals surface area contributed by atoms with Crippen molar-refractivity contribution < 1.29 is 4.39 Å². The number of rotatable bonds is 11. The first-order valence-corrected chi connectivity index (χ1v) is 11.1. The number of aliphatic imine (C=N–C) groups is 1. The minimum absolute atomic E-state index is 0.0411. The molecule has 7 heteroatoms. The second kappa shape index (κ2) is 11.6. The topological polar surface area (TPSA) is 85.5 Å². The van der Waals surface area contributed by atoms with Gasteiger partial charge in [-0.15, -0.1) is 0 Å². The Morgan fingerprint density at radius 1 is 1.31 bits per heavy atom. The quantitative estimate of drug-likeness (QED) is 0.406. The van der Waals surface area contributed by atoms with Crippen LogP contribution in [-0.4, -0.2) is 46.8 Å². The van der Waals surface area contributed by atoms with E-state index in [1.807, 2.05) is 20.0 Å². The Kier molecular flexibility index (Phi) is 9.20. The highest BCUT2D eigenvalue weighted by Crippen LogP contribution is 2.26. The molecule has 2 atom stereocenters. The molecule has 0 saturated carbocycles. The number of nitrogens with two attached hydrogens (primary N) is 2. The molecule has 174 valence electrons. The SMILES string of the molecule is C=C(C(N)CC)N(C)CC(CC)Cn1c(C)nc2cc(F)cc(C(/C=C\C=C\N)=N/C)c21. The first kappa shape index (κ1) is 25.3. The van der Waals surface area contributed by atoms with E-state index >= 15 is 0 Å². The maximum atomic E-state index is 14.4. The lowest BCUT2D eigenvalue weighted by molar-refractivity contribution is 0.286. The Morgan fingerprint density at radius 2 is 2.03 bits per heavy atom. The number of allylic oxidation sites excluding steroid dienone is 3. The fourth-order valence-electron chi connectivity index (χ4n) is 3.86. The lowest BCUT2D eigenvalue weighted by Gasteiger charge is -2.30. The van der Waals surface area contributed by atoms with Crippen molar-refractivity contribution in [3.8, 4) is 0 Å². The molecule has 0 aliphatic heterocycles. The fourth-order valence-corrected chi connectivity index (χ4v) is 3.86. The lowest BCUT2D eigenvalue weighted by atomic mass is 10.0. The van der Waals surface area contributed by atoms with Crippen LogP contribution < -0.4 is 11.5 Å². The van der Waals surface area contributed by atoms with Gasteiger partial charge >= 0.3 is 0 Å². The van der Waals surface area contributed by atoms with E-state index in [1.54, 1.807) is 19.2 Å². The molecule has 2 unspecified atom stereocenters. The molecule has 32 heavy (non-hydrogen) atoms. The van der Waals surface area contributed by atoms with Crippen LogP contribution >= 0.6 is 0 Å². The molecule has 0 aliphatic carbocycles. The summed E-state index contributed by atoms with van der Waals surface area (Å²) in [5.74, 6) is 0.851. The van der Waals surface area contributed by atoms with Crippen molar-refractivity contribution >= 4 is 16.7 Å². The molecule has 1 heterocycles. The summed E-state index contributed by atoms with van der Waals surface area (Å²) in [6.07, 6.45) is 8.60. The van der Waals surface area contributed by atoms with Gasteiger partial charge in [0, 0.05) is 50.6 Å². The number of likely N-dealkylation sites (N-methyl/N-ethyl adjacent to an activating group) is 1. The Labute approximate surface area is 191 Å². The van der Waals surface area contributed by atoms with Crippen LogP contribution in [0.15, 0.2) is 53.8 Å². The lowest BCUT2D eigenvalue weighted by Crippen LogP contribution is -2.35. The molecule has 0 radical (unpaired) electrons. The number of fused-ring (bicyclic) bond motifs is 1. The van der Waals surface area contributed by atoms with Crippen molar-refractivity contribution in [1.29, 1.82) is 0 Å². The normalized spacial score (nSPS) is 14.5. The van der Waals surface area contributed by atoms with Gasteiger partial charge in [0.05, 0.1) is 16.7 Å². The van der Waals surface area contributed by atoms with E-state index in [2.05, 4.69) is 39.9 Å². The van der Waals surface area contributed by atoms with E-state index in [9.17, 15) is 4.39 Å². The maximum absolute atomic E-state index is 14.4. The van der Waals surface area contributed by atoms with E-state index in [0.717, 1.165) is 43.0 Å². The third-order valence-electron chi connectivity index (χ3n) is 5.90. The number of aryl methyl sites for hydroxylation is 1. The number of benzene rings is 1. The molecule has 0 saturated heterocycles. The Morgan fingerprint density at radius 3 is 2.62 bits per heavy atom. The highest BCUT2D eigenvalue weighted by Gasteiger charge is 2.20. The molecular formula is C25H37FN6. The predicted molar refractivity (Wildman–Crippen MR) is 133 cm³/mol. The van der Waals surface area contributed by atoms with Crippen LogP contribution in [0, 0.1) is 18.7 Å². The van der Waals surface area contributed by atoms with Crippen molar-refractivity contribution in [3.05, 3.63) is 66.0 Å². The van der Waals surface area contributed by atoms with Crippen LogP contribution in [0.4, 0.5) is 4.39 Å². The average Bonchev–Trinajstić information content (AvgIpc) is 3.08. The number of aromatic nitrogens is 2. The average molecular weight is 441 g/mol. The first-order chi connectivity index (χ1) is 15.3. The molecule has 2 aromatic rings. The summed E-state index contributed by atoms with van der Waals surface area (Å²) < 4.78 is 16.6. The third kappa shape index (κ3) is 5.85. The molecule has 1 aromatic heterocycles. The van der Waals surface area contributed by atoms with E-state index in [1.165, 1.54) is 18.3 Å². The van der Waals surface area contributed by atoms with Crippen LogP contribution in [0.1, 0.15) is 38.1 Å². The van der Waals surface area contributed by atoms with Crippen LogP contribution in [0.3, 0.4) is 0 Å². The molecule has 0 amide bonds. The van der Waals surface area contributed by atoms with Crippen molar-refractivity contribution in [2.45, 2.75) is 46.2 Å². The summed E-state index contributed by atoms with van der Waals surface area (Å²) in [5, 5.41) is 0. The summed E-state index contributed by atoms with van der Waals surface area (Å²) >= 11 is 0. The number of imidazole rings is 1. The second-order valence-electron chi connectivity index (χ2n) is 8.10. The standard InChI is InChI=1S/C25H37FN6/c1-7-19(15-31(6)17(3)22(28)8-2)16-32-18(4)30-24-14-20(26)13-21(25(24)32)23(29-5)11-9-10-12-27/h9-14,19,22H,3,7-8,15-16,27-28H2,1-2,4-6H3/b11-9-,12-10+,29-23+. The zero-order valence-corrected chi connectivity index (χ0v) is 20.0. The molecule has 0 spiro atoms. The van der Waals surface area contributed by atoms with Gasteiger partial charge in [-0.1, -0.05) is 26.5 Å². The summed E-state index contributed by atoms with van der Waals surface area (Å²) in [5.41, 5.74) is 15.4. The first-order valence-electron chi connectivity index (χ1n) is 11.1. The summed E-state index contributed by atoms with van der Waals surface area (Å²) in [6, 6.07) is 2.96. The molecular weight excluding hydrogens is 403 g/mol. The van der Waals surface area contributed by atoms with Gasteiger partial charge in [-0.3, -0.25) is 4.99 Å². The van der Waals surface area contributed by atoms with Gasteiger partial charge < -0.3 is 20.9 Å². The molecule has 4 N–H and O–H groups in total. The predicted octanol–water partition coefficient (Wildman–Crippen LogP) is 4.14. The Hall–Kier alpha value is -2.93. The highest BCUT2D eigenvalue weighted by molar-refractivity contribution is 6.15. The number of nitrogens with zero attached hydrogens (tertiary/aromatic N) is 4. The summed E-state index contributed by atoms with van der Waals surface area (Å²) in [6.45, 7) is 11.9. The monoisotopic (exact) mass is 440 g/mol. The van der Waals surface area contributed by atoms with Crippen molar-refractivity contribution in [1.82, 2.24) is 14.5 Å².